The lowest BCUT2D eigenvalue weighted by molar-refractivity contribution is -0.132. The van der Waals surface area contributed by atoms with Crippen LogP contribution in [0.2, 0.25) is 0 Å². The monoisotopic (exact) mass is 450 g/mol. The zero-order valence-corrected chi connectivity index (χ0v) is 18.9. The van der Waals surface area contributed by atoms with Crippen molar-refractivity contribution in [3.63, 3.8) is 0 Å². The van der Waals surface area contributed by atoms with E-state index < -0.39 is 17.9 Å². The van der Waals surface area contributed by atoms with Crippen LogP contribution >= 0.6 is 0 Å². The Morgan fingerprint density at radius 2 is 1.97 bits per heavy atom. The average molecular weight is 450 g/mol. The number of aromatic nitrogens is 1. The second-order valence-electron chi connectivity index (χ2n) is 8.94. The second kappa shape index (κ2) is 8.17. The van der Waals surface area contributed by atoms with Crippen LogP contribution in [0, 0.1) is 18.8 Å². The fourth-order valence-corrected chi connectivity index (χ4v) is 5.26. The van der Waals surface area contributed by atoms with Gasteiger partial charge in [-0.3, -0.25) is 14.5 Å². The molecule has 0 N–H and O–H groups in total. The SMILES string of the molecule is CCC1CCC2OC3=C(C(=O)C2C1)C(c1ccc(C(=O)OC)cc1)N(c1cc(C)on1)C3=O. The largest absolute Gasteiger partial charge is 0.483 e. The first kappa shape index (κ1) is 21.4. The van der Waals surface area contributed by atoms with Gasteiger partial charge in [0.05, 0.1) is 30.2 Å². The van der Waals surface area contributed by atoms with E-state index in [0.29, 0.717) is 34.2 Å². The van der Waals surface area contributed by atoms with Gasteiger partial charge in [-0.1, -0.05) is 30.6 Å². The van der Waals surface area contributed by atoms with E-state index in [0.717, 1.165) is 25.7 Å². The molecule has 0 saturated heterocycles. The molecule has 2 aromatic rings. The minimum Gasteiger partial charge on any atom is -0.483 e. The number of amides is 1. The van der Waals surface area contributed by atoms with E-state index in [1.165, 1.54) is 12.0 Å². The van der Waals surface area contributed by atoms with Gasteiger partial charge in [0.15, 0.2) is 17.4 Å². The van der Waals surface area contributed by atoms with E-state index in [-0.39, 0.29) is 23.6 Å². The molecular weight excluding hydrogens is 424 g/mol. The summed E-state index contributed by atoms with van der Waals surface area (Å²) in [6.07, 6.45) is 3.27. The Labute approximate surface area is 191 Å². The van der Waals surface area contributed by atoms with Crippen LogP contribution in [0.15, 0.2) is 46.2 Å². The molecule has 1 aromatic carbocycles. The molecule has 2 aliphatic heterocycles. The Hall–Kier alpha value is -3.42. The molecule has 0 spiro atoms. The number of Topliss-reactive ketones (excluding diaryl/α,β-unsaturated/α-hetero) is 1. The van der Waals surface area contributed by atoms with Gasteiger partial charge in [-0.2, -0.15) is 0 Å². The Morgan fingerprint density at radius 1 is 1.21 bits per heavy atom. The number of esters is 1. The summed E-state index contributed by atoms with van der Waals surface area (Å²) in [5, 5.41) is 4.04. The zero-order valence-electron chi connectivity index (χ0n) is 18.9. The Balaban J connectivity index is 1.59. The summed E-state index contributed by atoms with van der Waals surface area (Å²) in [4.78, 5) is 40.7. The van der Waals surface area contributed by atoms with Crippen LogP contribution < -0.4 is 4.90 Å². The van der Waals surface area contributed by atoms with Gasteiger partial charge in [0.25, 0.3) is 5.91 Å². The van der Waals surface area contributed by atoms with E-state index in [1.807, 2.05) is 0 Å². The highest BCUT2D eigenvalue weighted by atomic mass is 16.5. The smallest absolute Gasteiger partial charge is 0.337 e. The summed E-state index contributed by atoms with van der Waals surface area (Å²) in [6, 6.07) is 7.67. The van der Waals surface area contributed by atoms with Gasteiger partial charge in [-0.15, -0.1) is 0 Å². The van der Waals surface area contributed by atoms with Gasteiger partial charge in [0.1, 0.15) is 11.9 Å². The lowest BCUT2D eigenvalue weighted by atomic mass is 9.73. The number of ether oxygens (including phenoxy) is 2. The molecule has 0 radical (unpaired) electrons. The molecular formula is C25H26N2O6. The molecule has 1 aliphatic carbocycles. The predicted octanol–water partition coefficient (Wildman–Crippen LogP) is 3.91. The molecule has 172 valence electrons. The lowest BCUT2D eigenvalue weighted by Crippen LogP contribution is -2.41. The number of anilines is 1. The molecule has 8 nitrogen and oxygen atoms in total. The van der Waals surface area contributed by atoms with Crippen molar-refractivity contribution in [1.82, 2.24) is 5.16 Å². The summed E-state index contributed by atoms with van der Waals surface area (Å²) in [5.74, 6) is 0.312. The molecule has 4 atom stereocenters. The third kappa shape index (κ3) is 3.44. The minimum absolute atomic E-state index is 0.0301. The summed E-state index contributed by atoms with van der Waals surface area (Å²) < 4.78 is 16.2. The number of hydrogen-bond acceptors (Lipinski definition) is 7. The van der Waals surface area contributed by atoms with Gasteiger partial charge in [-0.25, -0.2) is 4.79 Å². The number of hydrogen-bond donors (Lipinski definition) is 0. The number of fused-ring (bicyclic) bond motifs is 1. The van der Waals surface area contributed by atoms with Crippen molar-refractivity contribution < 1.29 is 28.4 Å². The van der Waals surface area contributed by atoms with Crippen LogP contribution in [-0.4, -0.2) is 36.0 Å². The number of rotatable bonds is 4. The molecule has 3 aliphatic rings. The van der Waals surface area contributed by atoms with Crippen molar-refractivity contribution in [2.45, 2.75) is 51.7 Å². The topological polar surface area (TPSA) is 98.9 Å². The molecule has 1 saturated carbocycles. The van der Waals surface area contributed by atoms with Crippen molar-refractivity contribution in [2.24, 2.45) is 11.8 Å². The van der Waals surface area contributed by atoms with Crippen LogP contribution in [0.5, 0.6) is 0 Å². The first-order chi connectivity index (χ1) is 15.9. The van der Waals surface area contributed by atoms with Crippen LogP contribution in [0.1, 0.15) is 60.3 Å². The molecule has 4 unspecified atom stereocenters. The highest BCUT2D eigenvalue weighted by Gasteiger charge is 2.53. The zero-order chi connectivity index (χ0) is 23.3. The molecule has 0 bridgehead atoms. The minimum atomic E-state index is -0.709. The van der Waals surface area contributed by atoms with Crippen LogP contribution in [0.25, 0.3) is 0 Å². The van der Waals surface area contributed by atoms with Crippen molar-refractivity contribution in [2.75, 3.05) is 12.0 Å². The quantitative estimate of drug-likeness (QED) is 0.651. The summed E-state index contributed by atoms with van der Waals surface area (Å²) in [6.45, 7) is 3.88. The highest BCUT2D eigenvalue weighted by Crippen LogP contribution is 2.49. The average Bonchev–Trinajstić information content (AvgIpc) is 3.39. The van der Waals surface area contributed by atoms with Gasteiger partial charge >= 0.3 is 5.97 Å². The van der Waals surface area contributed by atoms with Crippen LogP contribution in [-0.2, 0) is 19.1 Å². The Bertz CT molecular complexity index is 1150. The third-order valence-electron chi connectivity index (χ3n) is 7.04. The second-order valence-corrected chi connectivity index (χ2v) is 8.94. The number of carbonyl (C=O) groups is 3. The van der Waals surface area contributed by atoms with E-state index >= 15 is 0 Å². The molecule has 8 heteroatoms. The number of carbonyl (C=O) groups excluding carboxylic acids is 3. The highest BCUT2D eigenvalue weighted by molar-refractivity contribution is 6.17. The maximum atomic E-state index is 13.8. The standard InChI is InChI=1S/C25H26N2O6/c1-4-14-5-10-18-17(12-14)22(28)20-21(15-6-8-16(9-7-15)25(30)31-3)27(24(29)23(20)32-18)19-11-13(2)33-26-19/h6-9,11,14,17-18,21H,4-5,10,12H2,1-3H3. The van der Waals surface area contributed by atoms with Crippen molar-refractivity contribution >= 4 is 23.5 Å². The Kier molecular flexibility index (Phi) is 5.31. The number of methoxy groups -OCH3 is 1. The van der Waals surface area contributed by atoms with E-state index in [1.54, 1.807) is 37.3 Å². The van der Waals surface area contributed by atoms with Crippen molar-refractivity contribution in [3.8, 4) is 0 Å². The first-order valence-corrected chi connectivity index (χ1v) is 11.3. The van der Waals surface area contributed by atoms with Crippen molar-refractivity contribution in [3.05, 3.63) is 58.6 Å². The molecule has 1 aromatic heterocycles. The van der Waals surface area contributed by atoms with Gasteiger partial charge in [-0.05, 0) is 49.8 Å². The van der Waals surface area contributed by atoms with Gasteiger partial charge in [0, 0.05) is 6.07 Å². The maximum absolute atomic E-state index is 13.8. The number of nitrogens with zero attached hydrogens (tertiary/aromatic N) is 2. The normalized spacial score (nSPS) is 26.7. The fourth-order valence-electron chi connectivity index (χ4n) is 5.26. The number of aryl methyl sites for hydroxylation is 1. The molecule has 3 heterocycles. The predicted molar refractivity (Wildman–Crippen MR) is 117 cm³/mol. The van der Waals surface area contributed by atoms with E-state index in [4.69, 9.17) is 14.0 Å². The van der Waals surface area contributed by atoms with E-state index in [2.05, 4.69) is 12.1 Å². The molecule has 1 fully saturated rings. The van der Waals surface area contributed by atoms with Gasteiger partial charge in [0.2, 0.25) is 0 Å². The maximum Gasteiger partial charge on any atom is 0.337 e. The van der Waals surface area contributed by atoms with Crippen LogP contribution in [0.3, 0.4) is 0 Å². The fraction of sp³-hybridized carbons (Fsp3) is 0.440. The van der Waals surface area contributed by atoms with E-state index in [9.17, 15) is 14.4 Å². The number of benzene rings is 1. The number of ketones is 1. The molecule has 33 heavy (non-hydrogen) atoms. The van der Waals surface area contributed by atoms with Gasteiger partial charge < -0.3 is 14.0 Å². The first-order valence-electron chi connectivity index (χ1n) is 11.3. The van der Waals surface area contributed by atoms with Crippen LogP contribution in [0.4, 0.5) is 5.82 Å². The molecule has 5 rings (SSSR count). The summed E-state index contributed by atoms with van der Waals surface area (Å²) in [7, 11) is 1.32. The third-order valence-corrected chi connectivity index (χ3v) is 7.04. The lowest BCUT2D eigenvalue weighted by Gasteiger charge is -2.38. The Morgan fingerprint density at radius 3 is 2.61 bits per heavy atom. The summed E-state index contributed by atoms with van der Waals surface area (Å²) in [5.41, 5.74) is 1.43. The summed E-state index contributed by atoms with van der Waals surface area (Å²) >= 11 is 0. The van der Waals surface area contributed by atoms with Crippen molar-refractivity contribution in [1.29, 1.82) is 0 Å². The molecule has 1 amide bonds.